The zero-order chi connectivity index (χ0) is 29.7. The summed E-state index contributed by atoms with van der Waals surface area (Å²) < 4.78 is 42.4. The Bertz CT molecular complexity index is 1430. The Hall–Kier alpha value is -3.72. The maximum atomic E-state index is 14.1. The van der Waals surface area contributed by atoms with Crippen molar-refractivity contribution in [1.29, 1.82) is 0 Å². The zero-order valence-electron chi connectivity index (χ0n) is 23.9. The van der Waals surface area contributed by atoms with E-state index in [2.05, 4.69) is 5.32 Å². The maximum absolute atomic E-state index is 14.1. The van der Waals surface area contributed by atoms with Gasteiger partial charge in [-0.25, -0.2) is 12.8 Å². The summed E-state index contributed by atoms with van der Waals surface area (Å²) >= 11 is 0. The molecule has 0 saturated heterocycles. The van der Waals surface area contributed by atoms with Gasteiger partial charge in [-0.05, 0) is 83.0 Å². The van der Waals surface area contributed by atoms with E-state index in [1.165, 1.54) is 29.2 Å². The van der Waals surface area contributed by atoms with E-state index in [0.717, 1.165) is 33.1 Å². The summed E-state index contributed by atoms with van der Waals surface area (Å²) in [5.74, 6) is -1.42. The van der Waals surface area contributed by atoms with Crippen LogP contribution in [-0.4, -0.2) is 43.3 Å². The molecule has 0 saturated carbocycles. The number of rotatable bonds is 10. The van der Waals surface area contributed by atoms with Crippen LogP contribution in [0.1, 0.15) is 50.8 Å². The lowest BCUT2D eigenvalue weighted by molar-refractivity contribution is -0.141. The molecule has 0 heterocycles. The molecular formula is C31H38FN3O4S. The second kappa shape index (κ2) is 12.6. The number of carbonyl (C=O) groups is 2. The molecule has 3 aromatic rings. The average Bonchev–Trinajstić information content (AvgIpc) is 2.87. The van der Waals surface area contributed by atoms with Gasteiger partial charge in [-0.3, -0.25) is 13.9 Å². The normalized spacial score (nSPS) is 12.5. The highest BCUT2D eigenvalue weighted by molar-refractivity contribution is 7.92. The van der Waals surface area contributed by atoms with Crippen LogP contribution in [0.3, 0.4) is 0 Å². The van der Waals surface area contributed by atoms with Crippen molar-refractivity contribution in [2.24, 2.45) is 0 Å². The first-order chi connectivity index (χ1) is 18.7. The maximum Gasteiger partial charge on any atom is 0.264 e. The van der Waals surface area contributed by atoms with Crippen molar-refractivity contribution in [3.05, 3.63) is 95.3 Å². The Morgan fingerprint density at radius 2 is 1.55 bits per heavy atom. The predicted molar refractivity (Wildman–Crippen MR) is 156 cm³/mol. The molecule has 0 aliphatic rings. The molecule has 1 atom stereocenters. The van der Waals surface area contributed by atoms with Crippen molar-refractivity contribution in [2.45, 2.75) is 71.0 Å². The topological polar surface area (TPSA) is 86.8 Å². The molecule has 1 N–H and O–H groups in total. The summed E-state index contributed by atoms with van der Waals surface area (Å²) in [5.41, 5.74) is 2.29. The Labute approximate surface area is 237 Å². The second-order valence-corrected chi connectivity index (χ2v) is 12.8. The number of aryl methyl sites for hydroxylation is 2. The van der Waals surface area contributed by atoms with Gasteiger partial charge in [0.2, 0.25) is 11.8 Å². The lowest BCUT2D eigenvalue weighted by atomic mass is 10.0. The molecule has 0 aromatic heterocycles. The van der Waals surface area contributed by atoms with Crippen LogP contribution in [0.5, 0.6) is 0 Å². The van der Waals surface area contributed by atoms with Gasteiger partial charge in [0.25, 0.3) is 10.0 Å². The molecule has 0 aliphatic carbocycles. The molecule has 0 aliphatic heterocycles. The SMILES string of the molecule is CC[C@H](C(=O)NC(C)(C)C)N(Cc1cccc(C)c1)C(=O)CN(c1ccc(F)cc1)S(=O)(=O)c1ccc(C)cc1. The predicted octanol–water partition coefficient (Wildman–Crippen LogP) is 5.36. The smallest absolute Gasteiger partial charge is 0.264 e. The largest absolute Gasteiger partial charge is 0.350 e. The number of sulfonamides is 1. The van der Waals surface area contributed by atoms with Crippen LogP contribution >= 0.6 is 0 Å². The minimum atomic E-state index is -4.21. The fourth-order valence-corrected chi connectivity index (χ4v) is 5.77. The molecule has 9 heteroatoms. The highest BCUT2D eigenvalue weighted by Crippen LogP contribution is 2.25. The first-order valence-electron chi connectivity index (χ1n) is 13.2. The Kier molecular flexibility index (Phi) is 9.73. The van der Waals surface area contributed by atoms with Crippen LogP contribution < -0.4 is 9.62 Å². The van der Waals surface area contributed by atoms with Crippen LogP contribution in [0.25, 0.3) is 0 Å². The Morgan fingerprint density at radius 1 is 0.925 bits per heavy atom. The van der Waals surface area contributed by atoms with Crippen molar-refractivity contribution in [3.8, 4) is 0 Å². The number of halogens is 1. The monoisotopic (exact) mass is 567 g/mol. The molecule has 0 radical (unpaired) electrons. The van der Waals surface area contributed by atoms with Gasteiger partial charge in [0.05, 0.1) is 10.6 Å². The van der Waals surface area contributed by atoms with E-state index in [1.807, 2.05) is 65.8 Å². The van der Waals surface area contributed by atoms with Gasteiger partial charge in [0.1, 0.15) is 18.4 Å². The van der Waals surface area contributed by atoms with E-state index >= 15 is 0 Å². The number of benzene rings is 3. The molecule has 0 fully saturated rings. The highest BCUT2D eigenvalue weighted by Gasteiger charge is 2.34. The standard InChI is InChI=1S/C31H38FN3O4S/c1-7-28(30(37)33-31(4,5)6)34(20-24-10-8-9-23(3)19-24)29(36)21-35(26-15-13-25(32)14-16-26)40(38,39)27-17-11-22(2)12-18-27/h8-19,28H,7,20-21H2,1-6H3,(H,33,37)/t28-/m1/s1. The van der Waals surface area contributed by atoms with Crippen molar-refractivity contribution in [3.63, 3.8) is 0 Å². The summed E-state index contributed by atoms with van der Waals surface area (Å²) in [6.07, 6.45) is 0.320. The third-order valence-corrected chi connectivity index (χ3v) is 8.11. The third kappa shape index (κ3) is 7.91. The van der Waals surface area contributed by atoms with Gasteiger partial charge in [-0.1, -0.05) is 54.4 Å². The molecule has 7 nitrogen and oxygen atoms in total. The van der Waals surface area contributed by atoms with Gasteiger partial charge in [-0.2, -0.15) is 0 Å². The molecule has 0 unspecified atom stereocenters. The number of hydrogen-bond acceptors (Lipinski definition) is 4. The van der Waals surface area contributed by atoms with Gasteiger partial charge in [0.15, 0.2) is 0 Å². The summed E-state index contributed by atoms with van der Waals surface area (Å²) in [6.45, 7) is 10.7. The van der Waals surface area contributed by atoms with E-state index in [4.69, 9.17) is 0 Å². The Balaban J connectivity index is 2.07. The highest BCUT2D eigenvalue weighted by atomic mass is 32.2. The summed E-state index contributed by atoms with van der Waals surface area (Å²) in [7, 11) is -4.21. The lowest BCUT2D eigenvalue weighted by Gasteiger charge is -2.34. The van der Waals surface area contributed by atoms with Crippen LogP contribution in [-0.2, 0) is 26.2 Å². The van der Waals surface area contributed by atoms with E-state index in [1.54, 1.807) is 12.1 Å². The van der Waals surface area contributed by atoms with Crippen LogP contribution in [0, 0.1) is 19.7 Å². The van der Waals surface area contributed by atoms with E-state index < -0.39 is 39.9 Å². The van der Waals surface area contributed by atoms with E-state index in [9.17, 15) is 22.4 Å². The number of anilines is 1. The summed E-state index contributed by atoms with van der Waals surface area (Å²) in [5, 5.41) is 2.95. The molecule has 2 amide bonds. The van der Waals surface area contributed by atoms with E-state index in [0.29, 0.717) is 6.42 Å². The quantitative estimate of drug-likeness (QED) is 0.357. The zero-order valence-corrected chi connectivity index (χ0v) is 24.8. The fraction of sp³-hybridized carbons (Fsp3) is 0.355. The fourth-order valence-electron chi connectivity index (χ4n) is 4.35. The second-order valence-electron chi connectivity index (χ2n) is 11.0. The number of amides is 2. The summed E-state index contributed by atoms with van der Waals surface area (Å²) in [4.78, 5) is 28.8. The van der Waals surface area contributed by atoms with Crippen LogP contribution in [0.2, 0.25) is 0 Å². The van der Waals surface area contributed by atoms with Gasteiger partial charge >= 0.3 is 0 Å². The van der Waals surface area contributed by atoms with Gasteiger partial charge < -0.3 is 10.2 Å². The number of nitrogens with one attached hydrogen (secondary N) is 1. The molecular weight excluding hydrogens is 529 g/mol. The van der Waals surface area contributed by atoms with Gasteiger partial charge in [0, 0.05) is 12.1 Å². The minimum absolute atomic E-state index is 0.00187. The first-order valence-corrected chi connectivity index (χ1v) is 14.7. The molecule has 0 bridgehead atoms. The number of nitrogens with zero attached hydrogens (tertiary/aromatic N) is 2. The lowest BCUT2D eigenvalue weighted by Crippen LogP contribution is -2.55. The molecule has 3 aromatic carbocycles. The van der Waals surface area contributed by atoms with Crippen LogP contribution in [0.15, 0.2) is 77.7 Å². The van der Waals surface area contributed by atoms with Crippen molar-refractivity contribution in [2.75, 3.05) is 10.8 Å². The van der Waals surface area contributed by atoms with Crippen molar-refractivity contribution in [1.82, 2.24) is 10.2 Å². The van der Waals surface area contributed by atoms with Crippen LogP contribution in [0.4, 0.5) is 10.1 Å². The van der Waals surface area contributed by atoms with E-state index in [-0.39, 0.29) is 23.0 Å². The molecule has 214 valence electrons. The molecule has 3 rings (SSSR count). The average molecular weight is 568 g/mol. The van der Waals surface area contributed by atoms with Crippen molar-refractivity contribution < 1.29 is 22.4 Å². The van der Waals surface area contributed by atoms with Gasteiger partial charge in [-0.15, -0.1) is 0 Å². The molecule has 0 spiro atoms. The van der Waals surface area contributed by atoms with Crippen molar-refractivity contribution >= 4 is 27.5 Å². The summed E-state index contributed by atoms with van der Waals surface area (Å²) in [6, 6.07) is 18.0. The first kappa shape index (κ1) is 30.8. The Morgan fingerprint density at radius 3 is 2.10 bits per heavy atom. The minimum Gasteiger partial charge on any atom is -0.350 e. The number of carbonyl (C=O) groups excluding carboxylic acids is 2. The number of hydrogen-bond donors (Lipinski definition) is 1. The molecule has 40 heavy (non-hydrogen) atoms. The third-order valence-electron chi connectivity index (χ3n) is 6.32.